The van der Waals surface area contributed by atoms with E-state index in [0.717, 1.165) is 12.2 Å². The summed E-state index contributed by atoms with van der Waals surface area (Å²) in [6.07, 6.45) is 2.61. The number of carbonyl (C=O) groups is 1. The van der Waals surface area contributed by atoms with E-state index in [1.165, 1.54) is 42.8 Å². The van der Waals surface area contributed by atoms with Crippen LogP contribution in [0.4, 0.5) is 5.69 Å². The summed E-state index contributed by atoms with van der Waals surface area (Å²) in [7, 11) is 0. The fourth-order valence-electron chi connectivity index (χ4n) is 2.41. The number of amides is 1. The van der Waals surface area contributed by atoms with Crippen molar-refractivity contribution < 1.29 is 4.79 Å². The van der Waals surface area contributed by atoms with Gasteiger partial charge in [0, 0.05) is 17.6 Å². The first-order valence-electron chi connectivity index (χ1n) is 6.82. The van der Waals surface area contributed by atoms with E-state index >= 15 is 0 Å². The second-order valence-electron chi connectivity index (χ2n) is 5.01. The van der Waals surface area contributed by atoms with Gasteiger partial charge in [-0.05, 0) is 43.6 Å². The van der Waals surface area contributed by atoms with E-state index in [-0.39, 0.29) is 5.91 Å². The summed E-state index contributed by atoms with van der Waals surface area (Å²) >= 11 is 1.42. The fraction of sp³-hybridized carbons (Fsp3) is 0.333. The Balaban J connectivity index is 1.59. The maximum absolute atomic E-state index is 11.9. The summed E-state index contributed by atoms with van der Waals surface area (Å²) in [4.78, 5) is 18.3. The first kappa shape index (κ1) is 13.3. The van der Waals surface area contributed by atoms with Crippen molar-refractivity contribution >= 4 is 22.9 Å². The van der Waals surface area contributed by atoms with Crippen LogP contribution in [-0.4, -0.2) is 28.9 Å². The molecule has 0 bridgehead atoms. The minimum atomic E-state index is -0.154. The fourth-order valence-corrected chi connectivity index (χ4v) is 2.94. The van der Waals surface area contributed by atoms with Gasteiger partial charge in [0.15, 0.2) is 0 Å². The summed E-state index contributed by atoms with van der Waals surface area (Å²) in [5.74, 6) is -0.154. The van der Waals surface area contributed by atoms with Crippen molar-refractivity contribution in [3.8, 4) is 0 Å². The number of nitrogens with one attached hydrogen (secondary N) is 1. The van der Waals surface area contributed by atoms with E-state index in [1.54, 1.807) is 10.9 Å². The molecule has 0 aliphatic carbocycles. The van der Waals surface area contributed by atoms with Crippen LogP contribution < -0.4 is 5.32 Å². The van der Waals surface area contributed by atoms with Gasteiger partial charge in [-0.3, -0.25) is 9.69 Å². The highest BCUT2D eigenvalue weighted by molar-refractivity contribution is 7.07. The SMILES string of the molecule is O=C(Nc1ccc(CN2CCCC2)cc1)c1cscn1. The third-order valence-electron chi connectivity index (χ3n) is 3.48. The quantitative estimate of drug-likeness (QED) is 0.940. The van der Waals surface area contributed by atoms with Crippen LogP contribution in [0.3, 0.4) is 0 Å². The van der Waals surface area contributed by atoms with Crippen molar-refractivity contribution in [3.05, 3.63) is 46.4 Å². The van der Waals surface area contributed by atoms with Gasteiger partial charge in [0.05, 0.1) is 5.51 Å². The van der Waals surface area contributed by atoms with Crippen molar-refractivity contribution in [2.75, 3.05) is 18.4 Å². The molecule has 1 fully saturated rings. The smallest absolute Gasteiger partial charge is 0.275 e. The molecule has 1 aromatic carbocycles. The van der Waals surface area contributed by atoms with Crippen molar-refractivity contribution in [1.82, 2.24) is 9.88 Å². The molecule has 4 nitrogen and oxygen atoms in total. The van der Waals surface area contributed by atoms with E-state index in [2.05, 4.69) is 27.3 Å². The van der Waals surface area contributed by atoms with E-state index in [1.807, 2.05) is 12.1 Å². The number of benzene rings is 1. The summed E-state index contributed by atoms with van der Waals surface area (Å²) in [5, 5.41) is 4.60. The third kappa shape index (κ3) is 3.23. The molecule has 0 spiro atoms. The largest absolute Gasteiger partial charge is 0.321 e. The first-order valence-corrected chi connectivity index (χ1v) is 7.76. The lowest BCUT2D eigenvalue weighted by Gasteiger charge is -2.14. The number of carbonyl (C=O) groups excluding carboxylic acids is 1. The molecule has 3 rings (SSSR count). The van der Waals surface area contributed by atoms with Crippen LogP contribution in [0.15, 0.2) is 35.2 Å². The number of rotatable bonds is 4. The average molecular weight is 287 g/mol. The number of hydrogen-bond donors (Lipinski definition) is 1. The molecule has 0 saturated carbocycles. The summed E-state index contributed by atoms with van der Waals surface area (Å²) in [6, 6.07) is 8.06. The van der Waals surface area contributed by atoms with E-state index in [0.29, 0.717) is 5.69 Å². The highest BCUT2D eigenvalue weighted by Crippen LogP contribution is 2.15. The number of hydrogen-bond acceptors (Lipinski definition) is 4. The molecule has 1 N–H and O–H groups in total. The van der Waals surface area contributed by atoms with Gasteiger partial charge in [-0.15, -0.1) is 11.3 Å². The van der Waals surface area contributed by atoms with Gasteiger partial charge in [-0.1, -0.05) is 12.1 Å². The van der Waals surface area contributed by atoms with Gasteiger partial charge in [-0.2, -0.15) is 0 Å². The zero-order valence-corrected chi connectivity index (χ0v) is 12.0. The highest BCUT2D eigenvalue weighted by Gasteiger charge is 2.12. The second kappa shape index (κ2) is 6.15. The minimum absolute atomic E-state index is 0.154. The Morgan fingerprint density at radius 2 is 2.00 bits per heavy atom. The van der Waals surface area contributed by atoms with Crippen molar-refractivity contribution in [2.45, 2.75) is 19.4 Å². The molecular formula is C15H17N3OS. The molecule has 2 aromatic rings. The Morgan fingerprint density at radius 3 is 2.65 bits per heavy atom. The molecule has 5 heteroatoms. The van der Waals surface area contributed by atoms with E-state index in [9.17, 15) is 4.79 Å². The lowest BCUT2D eigenvalue weighted by Crippen LogP contribution is -2.18. The van der Waals surface area contributed by atoms with Gasteiger partial charge in [0.2, 0.25) is 0 Å². The molecule has 0 unspecified atom stereocenters. The van der Waals surface area contributed by atoms with Crippen molar-refractivity contribution in [1.29, 1.82) is 0 Å². The average Bonchev–Trinajstić information content (AvgIpc) is 3.13. The Morgan fingerprint density at radius 1 is 1.25 bits per heavy atom. The number of thiazole rings is 1. The molecule has 1 amide bonds. The number of aromatic nitrogens is 1. The predicted octanol–water partition coefficient (Wildman–Crippen LogP) is 2.99. The molecule has 1 aliphatic rings. The standard InChI is InChI=1S/C15H17N3OS/c19-15(14-10-20-11-16-14)17-13-5-3-12(4-6-13)9-18-7-1-2-8-18/h3-6,10-11H,1-2,7-9H2,(H,17,19). The van der Waals surface area contributed by atoms with Gasteiger partial charge in [0.25, 0.3) is 5.91 Å². The van der Waals surface area contributed by atoms with Gasteiger partial charge < -0.3 is 5.32 Å². The Bertz CT molecular complexity index is 559. The van der Waals surface area contributed by atoms with Crippen LogP contribution in [0, 0.1) is 0 Å². The van der Waals surface area contributed by atoms with Crippen LogP contribution in [0.1, 0.15) is 28.9 Å². The minimum Gasteiger partial charge on any atom is -0.321 e. The maximum Gasteiger partial charge on any atom is 0.275 e. The van der Waals surface area contributed by atoms with E-state index in [4.69, 9.17) is 0 Å². The van der Waals surface area contributed by atoms with Gasteiger partial charge >= 0.3 is 0 Å². The highest BCUT2D eigenvalue weighted by atomic mass is 32.1. The first-order chi connectivity index (χ1) is 9.81. The van der Waals surface area contributed by atoms with Gasteiger partial charge in [0.1, 0.15) is 5.69 Å². The molecule has 20 heavy (non-hydrogen) atoms. The second-order valence-corrected chi connectivity index (χ2v) is 5.73. The summed E-state index contributed by atoms with van der Waals surface area (Å²) in [5.41, 5.74) is 4.23. The van der Waals surface area contributed by atoms with Gasteiger partial charge in [-0.25, -0.2) is 4.98 Å². The Kier molecular flexibility index (Phi) is 4.08. The maximum atomic E-state index is 11.9. The van der Waals surface area contributed by atoms with Crippen LogP contribution in [-0.2, 0) is 6.54 Å². The van der Waals surface area contributed by atoms with E-state index < -0.39 is 0 Å². The lowest BCUT2D eigenvalue weighted by atomic mass is 10.2. The van der Waals surface area contributed by atoms with Crippen LogP contribution in [0.25, 0.3) is 0 Å². The van der Waals surface area contributed by atoms with Crippen LogP contribution in [0.5, 0.6) is 0 Å². The van der Waals surface area contributed by atoms with Crippen LogP contribution in [0.2, 0.25) is 0 Å². The third-order valence-corrected chi connectivity index (χ3v) is 4.07. The monoisotopic (exact) mass is 287 g/mol. The molecule has 1 aromatic heterocycles. The van der Waals surface area contributed by atoms with Crippen LogP contribution >= 0.6 is 11.3 Å². The molecule has 2 heterocycles. The lowest BCUT2D eigenvalue weighted by molar-refractivity contribution is 0.102. The predicted molar refractivity (Wildman–Crippen MR) is 81.0 cm³/mol. The Hall–Kier alpha value is -1.72. The molecule has 0 atom stereocenters. The number of nitrogens with zero attached hydrogens (tertiary/aromatic N) is 2. The number of likely N-dealkylation sites (tertiary alicyclic amines) is 1. The molecule has 1 saturated heterocycles. The zero-order valence-electron chi connectivity index (χ0n) is 11.2. The topological polar surface area (TPSA) is 45.2 Å². The molecule has 104 valence electrons. The zero-order chi connectivity index (χ0) is 13.8. The normalized spacial score (nSPS) is 15.4. The molecule has 0 radical (unpaired) electrons. The van der Waals surface area contributed by atoms with Crippen molar-refractivity contribution in [2.24, 2.45) is 0 Å². The number of anilines is 1. The summed E-state index contributed by atoms with van der Waals surface area (Å²) in [6.45, 7) is 3.39. The summed E-state index contributed by atoms with van der Waals surface area (Å²) < 4.78 is 0. The van der Waals surface area contributed by atoms with Crippen molar-refractivity contribution in [3.63, 3.8) is 0 Å². The Labute approximate surface area is 122 Å². The molecular weight excluding hydrogens is 270 g/mol. The molecule has 1 aliphatic heterocycles.